The molecule has 26 heavy (non-hydrogen) atoms. The lowest BCUT2D eigenvalue weighted by Gasteiger charge is -2.29. The summed E-state index contributed by atoms with van der Waals surface area (Å²) in [6, 6.07) is 6.19. The second-order valence-electron chi connectivity index (χ2n) is 6.86. The Morgan fingerprint density at radius 3 is 2.85 bits per heavy atom. The van der Waals surface area contributed by atoms with Crippen LogP contribution in [-0.4, -0.2) is 25.6 Å². The number of aryl methyl sites for hydroxylation is 1. The minimum Gasteiger partial charge on any atom is -0.399 e. The first-order chi connectivity index (χ1) is 12.6. The van der Waals surface area contributed by atoms with Crippen LogP contribution in [0, 0.1) is 6.57 Å². The van der Waals surface area contributed by atoms with Gasteiger partial charge >= 0.3 is 0 Å². The van der Waals surface area contributed by atoms with Crippen molar-refractivity contribution in [2.45, 2.75) is 37.6 Å². The van der Waals surface area contributed by atoms with Gasteiger partial charge in [-0.05, 0) is 37.5 Å². The van der Waals surface area contributed by atoms with Gasteiger partial charge in [-0.3, -0.25) is 0 Å². The van der Waals surface area contributed by atoms with E-state index >= 15 is 0 Å². The highest BCUT2D eigenvalue weighted by Gasteiger charge is 2.27. The fourth-order valence-corrected chi connectivity index (χ4v) is 3.79. The molecule has 1 aliphatic rings. The fraction of sp³-hybridized carbons (Fsp3) is 0.368. The number of rotatable bonds is 3. The molecule has 0 spiro atoms. The van der Waals surface area contributed by atoms with E-state index in [0.717, 1.165) is 48.2 Å². The summed E-state index contributed by atoms with van der Waals surface area (Å²) in [5, 5.41) is 3.41. The first kappa shape index (κ1) is 16.3. The van der Waals surface area contributed by atoms with Crippen molar-refractivity contribution in [3.05, 3.63) is 47.8 Å². The highest BCUT2D eigenvalue weighted by molar-refractivity contribution is 5.79. The number of nitrogens with one attached hydrogen (secondary N) is 1. The molecule has 2 heterocycles. The summed E-state index contributed by atoms with van der Waals surface area (Å²) in [5.74, 6) is 2.09. The van der Waals surface area contributed by atoms with E-state index in [1.165, 1.54) is 0 Å². The van der Waals surface area contributed by atoms with Crippen molar-refractivity contribution in [3.63, 3.8) is 0 Å². The van der Waals surface area contributed by atoms with E-state index in [0.29, 0.717) is 23.6 Å². The molecular formula is C19H21N7. The Labute approximate surface area is 152 Å². The highest BCUT2D eigenvalue weighted by Crippen LogP contribution is 2.35. The molecule has 3 aromatic rings. The molecule has 7 heteroatoms. The van der Waals surface area contributed by atoms with Crippen LogP contribution in [0.2, 0.25) is 0 Å². The van der Waals surface area contributed by atoms with E-state index in [1.54, 1.807) is 12.4 Å². The van der Waals surface area contributed by atoms with Gasteiger partial charge in [0.05, 0.1) is 17.6 Å². The molecule has 7 nitrogen and oxygen atoms in total. The number of nitrogen functional groups attached to an aromatic ring is 1. The predicted octanol–water partition coefficient (Wildman–Crippen LogP) is 3.63. The molecule has 1 aromatic carbocycles. The van der Waals surface area contributed by atoms with E-state index in [4.69, 9.17) is 17.3 Å². The molecule has 2 aromatic heterocycles. The summed E-state index contributed by atoms with van der Waals surface area (Å²) >= 11 is 0. The van der Waals surface area contributed by atoms with Crippen LogP contribution in [0.15, 0.2) is 30.6 Å². The Kier molecular flexibility index (Phi) is 4.17. The molecule has 0 aliphatic heterocycles. The lowest BCUT2D eigenvalue weighted by molar-refractivity contribution is 0.392. The second-order valence-corrected chi connectivity index (χ2v) is 6.86. The Hall–Kier alpha value is -3.14. The van der Waals surface area contributed by atoms with Crippen LogP contribution in [-0.2, 0) is 7.05 Å². The molecule has 0 bridgehead atoms. The second kappa shape index (κ2) is 6.64. The zero-order chi connectivity index (χ0) is 18.1. The third-order valence-corrected chi connectivity index (χ3v) is 5.08. The van der Waals surface area contributed by atoms with Gasteiger partial charge in [-0.25, -0.2) is 19.8 Å². The molecule has 1 aliphatic carbocycles. The minimum absolute atomic E-state index is 0.303. The Balaban J connectivity index is 1.53. The third-order valence-electron chi connectivity index (χ3n) is 5.08. The lowest BCUT2D eigenvalue weighted by Crippen LogP contribution is -2.28. The number of benzene rings is 1. The Morgan fingerprint density at radius 1 is 1.27 bits per heavy atom. The van der Waals surface area contributed by atoms with E-state index < -0.39 is 0 Å². The molecule has 2 atom stereocenters. The molecule has 132 valence electrons. The summed E-state index contributed by atoms with van der Waals surface area (Å²) in [7, 11) is 2.07. The maximum absolute atomic E-state index is 6.98. The monoisotopic (exact) mass is 347 g/mol. The van der Waals surface area contributed by atoms with Gasteiger partial charge in [-0.15, -0.1) is 0 Å². The maximum atomic E-state index is 6.98. The average molecular weight is 347 g/mol. The third kappa shape index (κ3) is 3.06. The smallest absolute Gasteiger partial charge is 0.223 e. The van der Waals surface area contributed by atoms with Gasteiger partial charge in [0, 0.05) is 37.1 Å². The summed E-state index contributed by atoms with van der Waals surface area (Å²) in [5.41, 5.74) is 9.16. The van der Waals surface area contributed by atoms with E-state index in [9.17, 15) is 0 Å². The lowest BCUT2D eigenvalue weighted by atomic mass is 9.85. The van der Waals surface area contributed by atoms with Crippen molar-refractivity contribution in [1.82, 2.24) is 19.5 Å². The number of nitrogens with zero attached hydrogens (tertiary/aromatic N) is 5. The number of imidazole rings is 1. The predicted molar refractivity (Wildman–Crippen MR) is 102 cm³/mol. The van der Waals surface area contributed by atoms with Crippen LogP contribution in [0.4, 0.5) is 17.3 Å². The van der Waals surface area contributed by atoms with Crippen LogP contribution in [0.25, 0.3) is 15.9 Å². The van der Waals surface area contributed by atoms with E-state index in [2.05, 4.69) is 31.7 Å². The molecule has 0 radical (unpaired) electrons. The number of nitrogens with two attached hydrogens (primary N) is 1. The first-order valence-electron chi connectivity index (χ1n) is 8.82. The van der Waals surface area contributed by atoms with E-state index in [1.807, 2.05) is 18.2 Å². The quantitative estimate of drug-likeness (QED) is 0.558. The fourth-order valence-electron chi connectivity index (χ4n) is 3.79. The van der Waals surface area contributed by atoms with Crippen LogP contribution in [0.1, 0.15) is 37.4 Å². The normalized spacial score (nSPS) is 20.0. The molecule has 0 amide bonds. The van der Waals surface area contributed by atoms with Crippen LogP contribution in [0.3, 0.4) is 0 Å². The highest BCUT2D eigenvalue weighted by atomic mass is 15.1. The minimum atomic E-state index is 0.303. The standard InChI is InChI=1S/C19H21N7/c1-21-15-10-22-19(23-11-15)24-14-5-3-4-12(8-14)18-25-16-9-13(20)6-7-17(16)26(18)2/h6-7,9-12,14H,3-5,8,20H2,2H3,(H,22,23,24)/t12-,14+/m0/s1. The van der Waals surface area contributed by atoms with Gasteiger partial charge in [0.15, 0.2) is 0 Å². The molecule has 4 rings (SSSR count). The Morgan fingerprint density at radius 2 is 2.08 bits per heavy atom. The van der Waals surface area contributed by atoms with Gasteiger partial charge in [0.25, 0.3) is 0 Å². The molecule has 0 saturated heterocycles. The molecule has 3 N–H and O–H groups in total. The summed E-state index contributed by atoms with van der Waals surface area (Å²) in [6.07, 6.45) is 7.44. The van der Waals surface area contributed by atoms with Gasteiger partial charge in [-0.1, -0.05) is 6.42 Å². The van der Waals surface area contributed by atoms with Crippen molar-refractivity contribution in [1.29, 1.82) is 0 Å². The molecule has 0 unspecified atom stereocenters. The van der Waals surface area contributed by atoms with Crippen molar-refractivity contribution in [2.24, 2.45) is 7.05 Å². The van der Waals surface area contributed by atoms with Crippen LogP contribution < -0.4 is 11.1 Å². The van der Waals surface area contributed by atoms with E-state index in [-0.39, 0.29) is 0 Å². The topological polar surface area (TPSA) is 86.0 Å². The van der Waals surface area contributed by atoms with Crippen LogP contribution >= 0.6 is 0 Å². The van der Waals surface area contributed by atoms with Gasteiger partial charge in [0.1, 0.15) is 5.82 Å². The van der Waals surface area contributed by atoms with Crippen molar-refractivity contribution in [2.75, 3.05) is 11.1 Å². The van der Waals surface area contributed by atoms with Crippen LogP contribution in [0.5, 0.6) is 0 Å². The number of anilines is 2. The van der Waals surface area contributed by atoms with Crippen molar-refractivity contribution in [3.8, 4) is 0 Å². The zero-order valence-electron chi connectivity index (χ0n) is 14.7. The molecule has 1 saturated carbocycles. The summed E-state index contributed by atoms with van der Waals surface area (Å²) in [4.78, 5) is 16.6. The Bertz CT molecular complexity index is 968. The maximum Gasteiger partial charge on any atom is 0.223 e. The van der Waals surface area contributed by atoms with Gasteiger partial charge < -0.3 is 15.6 Å². The zero-order valence-corrected chi connectivity index (χ0v) is 14.7. The summed E-state index contributed by atoms with van der Waals surface area (Å²) < 4.78 is 2.18. The number of hydrogen-bond donors (Lipinski definition) is 2. The SMILES string of the molecule is [C-]#[N+]c1cnc(N[C@@H]2CCC[C@H](c3nc4cc(N)ccc4n3C)C2)nc1. The molecule has 1 fully saturated rings. The van der Waals surface area contributed by atoms with Crippen molar-refractivity contribution >= 4 is 28.4 Å². The first-order valence-corrected chi connectivity index (χ1v) is 8.82. The summed E-state index contributed by atoms with van der Waals surface area (Å²) in [6.45, 7) is 6.98. The van der Waals surface area contributed by atoms with Gasteiger partial charge in [-0.2, -0.15) is 0 Å². The average Bonchev–Trinajstić information content (AvgIpc) is 2.98. The van der Waals surface area contributed by atoms with Gasteiger partial charge in [0.2, 0.25) is 11.6 Å². The number of fused-ring (bicyclic) bond motifs is 1. The molecular weight excluding hydrogens is 326 g/mol. The van der Waals surface area contributed by atoms with Crippen molar-refractivity contribution < 1.29 is 0 Å². The largest absolute Gasteiger partial charge is 0.399 e. The number of aromatic nitrogens is 4. The number of hydrogen-bond acceptors (Lipinski definition) is 5.